The summed E-state index contributed by atoms with van der Waals surface area (Å²) < 4.78 is 13.1. The van der Waals surface area contributed by atoms with Gasteiger partial charge in [0, 0.05) is 12.7 Å². The number of halogens is 2. The molecular weight excluding hydrogens is 251 g/mol. The molecule has 0 aromatic heterocycles. The van der Waals surface area contributed by atoms with Gasteiger partial charge >= 0.3 is 0 Å². The summed E-state index contributed by atoms with van der Waals surface area (Å²) in [6.45, 7) is 0. The van der Waals surface area contributed by atoms with Crippen LogP contribution in [0.15, 0.2) is 42.5 Å². The summed E-state index contributed by atoms with van der Waals surface area (Å²) in [5.74, 6) is -0.432. The monoisotopic (exact) mass is 264 g/mol. The Kier molecular flexibility index (Phi) is 3.84. The van der Waals surface area contributed by atoms with Crippen molar-refractivity contribution in [3.63, 3.8) is 0 Å². The minimum atomic E-state index is -0.432. The molecule has 0 fully saturated rings. The largest absolute Gasteiger partial charge is 0.388 e. The fraction of sp³-hybridized carbons (Fsp3) is 0.143. The van der Waals surface area contributed by atoms with Gasteiger partial charge in [-0.25, -0.2) is 4.39 Å². The van der Waals surface area contributed by atoms with Crippen molar-refractivity contribution in [3.05, 3.63) is 64.4 Å². The summed E-state index contributed by atoms with van der Waals surface area (Å²) in [6.07, 6.45) is 0. The van der Waals surface area contributed by atoms with Gasteiger partial charge in [0.25, 0.3) is 0 Å². The smallest absolute Gasteiger partial charge is 0.141 e. The Bertz CT molecular complexity index is 540. The lowest BCUT2D eigenvalue weighted by Gasteiger charge is -2.13. The van der Waals surface area contributed by atoms with Crippen LogP contribution in [0, 0.1) is 5.82 Å². The van der Waals surface area contributed by atoms with Gasteiger partial charge in [0.05, 0.1) is 11.1 Å². The van der Waals surface area contributed by atoms with Gasteiger partial charge in [0.2, 0.25) is 0 Å². The quantitative estimate of drug-likeness (QED) is 0.889. The predicted octanol–water partition coefficient (Wildman–Crippen LogP) is 3.57. The third-order valence-electron chi connectivity index (χ3n) is 2.86. The number of anilines is 1. The van der Waals surface area contributed by atoms with Gasteiger partial charge in [-0.2, -0.15) is 0 Å². The lowest BCUT2D eigenvalue weighted by molar-refractivity contribution is 0.627. The van der Waals surface area contributed by atoms with E-state index >= 15 is 0 Å². The van der Waals surface area contributed by atoms with Crippen molar-refractivity contribution in [1.29, 1.82) is 0 Å². The van der Waals surface area contributed by atoms with Crippen molar-refractivity contribution in [2.24, 2.45) is 5.73 Å². The second-order valence-corrected chi connectivity index (χ2v) is 4.43. The molecule has 0 aliphatic rings. The molecule has 1 atom stereocenters. The number of benzene rings is 2. The molecule has 0 radical (unpaired) electrons. The van der Waals surface area contributed by atoms with Crippen LogP contribution in [0.1, 0.15) is 17.2 Å². The van der Waals surface area contributed by atoms with E-state index in [0.29, 0.717) is 0 Å². The number of rotatable bonds is 3. The van der Waals surface area contributed by atoms with Crippen molar-refractivity contribution in [2.45, 2.75) is 6.04 Å². The van der Waals surface area contributed by atoms with Gasteiger partial charge in [0.15, 0.2) is 0 Å². The maximum absolute atomic E-state index is 13.1. The van der Waals surface area contributed by atoms with Crippen LogP contribution in [-0.4, -0.2) is 7.05 Å². The third kappa shape index (κ3) is 2.63. The van der Waals surface area contributed by atoms with Gasteiger partial charge in [-0.3, -0.25) is 0 Å². The normalized spacial score (nSPS) is 12.2. The summed E-state index contributed by atoms with van der Waals surface area (Å²) in [6, 6.07) is 12.0. The van der Waals surface area contributed by atoms with Crippen LogP contribution in [0.25, 0.3) is 0 Å². The van der Waals surface area contributed by atoms with E-state index in [1.54, 1.807) is 12.1 Å². The first kappa shape index (κ1) is 12.9. The molecular formula is C14H14ClFN2. The molecule has 2 aromatic rings. The summed E-state index contributed by atoms with van der Waals surface area (Å²) in [5, 5.41) is 3.13. The highest BCUT2D eigenvalue weighted by atomic mass is 35.5. The lowest BCUT2D eigenvalue weighted by Crippen LogP contribution is -2.11. The Morgan fingerprint density at radius 2 is 1.72 bits per heavy atom. The van der Waals surface area contributed by atoms with E-state index in [1.807, 2.05) is 31.3 Å². The zero-order valence-electron chi connectivity index (χ0n) is 9.95. The Morgan fingerprint density at radius 3 is 2.28 bits per heavy atom. The fourth-order valence-electron chi connectivity index (χ4n) is 1.76. The molecule has 0 aliphatic carbocycles. The number of nitrogens with two attached hydrogens (primary N) is 1. The van der Waals surface area contributed by atoms with E-state index < -0.39 is 5.82 Å². The molecule has 0 amide bonds. The molecule has 0 spiro atoms. The summed E-state index contributed by atoms with van der Waals surface area (Å²) in [7, 11) is 1.86. The molecule has 3 N–H and O–H groups in total. The van der Waals surface area contributed by atoms with E-state index in [1.165, 1.54) is 6.07 Å². The minimum Gasteiger partial charge on any atom is -0.388 e. The molecule has 0 aliphatic heterocycles. The fourth-order valence-corrected chi connectivity index (χ4v) is 1.94. The van der Waals surface area contributed by atoms with Gasteiger partial charge in [-0.05, 0) is 35.4 Å². The molecule has 1 unspecified atom stereocenters. The van der Waals surface area contributed by atoms with Crippen LogP contribution in [0.4, 0.5) is 10.1 Å². The first-order chi connectivity index (χ1) is 8.61. The average molecular weight is 265 g/mol. The molecule has 0 heterocycles. The molecule has 2 aromatic carbocycles. The van der Waals surface area contributed by atoms with Crippen molar-refractivity contribution in [3.8, 4) is 0 Å². The Hall–Kier alpha value is -1.58. The third-order valence-corrected chi connectivity index (χ3v) is 3.15. The van der Waals surface area contributed by atoms with Gasteiger partial charge in [0.1, 0.15) is 5.82 Å². The Balaban J connectivity index is 2.28. The van der Waals surface area contributed by atoms with Gasteiger partial charge < -0.3 is 11.1 Å². The first-order valence-corrected chi connectivity index (χ1v) is 5.98. The Labute approximate surface area is 111 Å². The van der Waals surface area contributed by atoms with Crippen molar-refractivity contribution < 1.29 is 4.39 Å². The highest BCUT2D eigenvalue weighted by molar-refractivity contribution is 6.30. The van der Waals surface area contributed by atoms with Crippen LogP contribution in [0.5, 0.6) is 0 Å². The topological polar surface area (TPSA) is 38.0 Å². The van der Waals surface area contributed by atoms with Gasteiger partial charge in [-0.1, -0.05) is 29.8 Å². The van der Waals surface area contributed by atoms with E-state index in [9.17, 15) is 4.39 Å². The zero-order chi connectivity index (χ0) is 13.1. The highest BCUT2D eigenvalue weighted by Gasteiger charge is 2.10. The molecule has 2 rings (SSSR count). The maximum Gasteiger partial charge on any atom is 0.141 e. The second kappa shape index (κ2) is 5.38. The van der Waals surface area contributed by atoms with Crippen molar-refractivity contribution in [2.75, 3.05) is 12.4 Å². The van der Waals surface area contributed by atoms with Crippen molar-refractivity contribution in [1.82, 2.24) is 0 Å². The van der Waals surface area contributed by atoms with E-state index in [-0.39, 0.29) is 11.1 Å². The zero-order valence-corrected chi connectivity index (χ0v) is 10.7. The molecule has 0 saturated heterocycles. The molecule has 0 bridgehead atoms. The van der Waals surface area contributed by atoms with Crippen LogP contribution in [0.3, 0.4) is 0 Å². The molecule has 2 nitrogen and oxygen atoms in total. The summed E-state index contributed by atoms with van der Waals surface area (Å²) >= 11 is 5.75. The van der Waals surface area contributed by atoms with E-state index in [4.69, 9.17) is 17.3 Å². The minimum absolute atomic E-state index is 0.0924. The molecule has 18 heavy (non-hydrogen) atoms. The van der Waals surface area contributed by atoms with Crippen LogP contribution < -0.4 is 11.1 Å². The van der Waals surface area contributed by atoms with Gasteiger partial charge in [-0.15, -0.1) is 0 Å². The first-order valence-electron chi connectivity index (χ1n) is 5.60. The second-order valence-electron chi connectivity index (χ2n) is 4.02. The molecule has 0 saturated carbocycles. The maximum atomic E-state index is 13.1. The predicted molar refractivity (Wildman–Crippen MR) is 73.4 cm³/mol. The molecule has 94 valence electrons. The number of nitrogens with one attached hydrogen (secondary N) is 1. The lowest BCUT2D eigenvalue weighted by atomic mass is 9.99. The number of hydrogen-bond acceptors (Lipinski definition) is 2. The Morgan fingerprint density at radius 1 is 1.11 bits per heavy atom. The standard InChI is InChI=1S/C14H14ClFN2/c1-18-11-5-2-9(3-6-11)14(17)10-4-7-13(16)12(15)8-10/h2-8,14,18H,17H2,1H3. The number of hydrogen-bond donors (Lipinski definition) is 2. The molecule has 4 heteroatoms. The SMILES string of the molecule is CNc1ccc(C(N)c2ccc(F)c(Cl)c2)cc1. The summed E-state index contributed by atoms with van der Waals surface area (Å²) in [5.41, 5.74) is 8.89. The van der Waals surface area contributed by atoms with Crippen LogP contribution >= 0.6 is 11.6 Å². The highest BCUT2D eigenvalue weighted by Crippen LogP contribution is 2.24. The average Bonchev–Trinajstić information content (AvgIpc) is 2.41. The van der Waals surface area contributed by atoms with Crippen molar-refractivity contribution >= 4 is 17.3 Å². The van der Waals surface area contributed by atoms with Crippen LogP contribution in [-0.2, 0) is 0 Å². The van der Waals surface area contributed by atoms with Crippen LogP contribution in [0.2, 0.25) is 5.02 Å². The van der Waals surface area contributed by atoms with E-state index in [0.717, 1.165) is 16.8 Å². The van der Waals surface area contributed by atoms with E-state index in [2.05, 4.69) is 5.32 Å². The summed E-state index contributed by atoms with van der Waals surface area (Å²) in [4.78, 5) is 0.